The van der Waals surface area contributed by atoms with Crippen LogP contribution in [0.1, 0.15) is 15.9 Å². The Bertz CT molecular complexity index is 1200. The maximum atomic E-state index is 12.9. The van der Waals surface area contributed by atoms with Crippen molar-refractivity contribution in [2.45, 2.75) is 0 Å². The van der Waals surface area contributed by atoms with Gasteiger partial charge in [-0.15, -0.1) is 0 Å². The molecule has 8 heteroatoms. The second-order valence-corrected chi connectivity index (χ2v) is 9.64. The van der Waals surface area contributed by atoms with E-state index in [0.717, 1.165) is 16.8 Å². The minimum absolute atomic E-state index is 0.105. The third-order valence-electron chi connectivity index (χ3n) is 5.28. The lowest BCUT2D eigenvalue weighted by molar-refractivity contribution is 0.0698. The summed E-state index contributed by atoms with van der Waals surface area (Å²) in [6, 6.07) is 19.9. The number of pyridine rings is 1. The van der Waals surface area contributed by atoms with Gasteiger partial charge in [-0.3, -0.25) is 9.78 Å². The van der Waals surface area contributed by atoms with Gasteiger partial charge < -0.3 is 4.90 Å². The van der Waals surface area contributed by atoms with Gasteiger partial charge in [0, 0.05) is 53.9 Å². The Morgan fingerprint density at radius 1 is 0.906 bits per heavy atom. The molecule has 1 fully saturated rings. The second-order valence-electron chi connectivity index (χ2n) is 7.38. The number of amides is 1. The summed E-state index contributed by atoms with van der Waals surface area (Å²) < 4.78 is 26.7. The van der Waals surface area contributed by atoms with E-state index < -0.39 is 10.0 Å². The van der Waals surface area contributed by atoms with Crippen LogP contribution < -0.4 is 0 Å². The number of rotatable bonds is 5. The summed E-state index contributed by atoms with van der Waals surface area (Å²) in [6.45, 7) is 1.19. The summed E-state index contributed by atoms with van der Waals surface area (Å²) in [5.74, 6) is -0.105. The molecule has 3 aromatic rings. The topological polar surface area (TPSA) is 70.6 Å². The number of piperazine rings is 1. The quantitative estimate of drug-likeness (QED) is 0.565. The molecule has 0 radical (unpaired) electrons. The van der Waals surface area contributed by atoms with E-state index in [2.05, 4.69) is 4.98 Å². The molecular formula is C24H22ClN3O3S. The van der Waals surface area contributed by atoms with Crippen LogP contribution in [0.4, 0.5) is 0 Å². The van der Waals surface area contributed by atoms with E-state index in [1.165, 1.54) is 9.71 Å². The van der Waals surface area contributed by atoms with Crippen molar-refractivity contribution < 1.29 is 13.2 Å². The summed E-state index contributed by atoms with van der Waals surface area (Å²) in [5.41, 5.74) is 3.10. The average Bonchev–Trinajstić information content (AvgIpc) is 2.84. The van der Waals surface area contributed by atoms with E-state index in [-0.39, 0.29) is 19.0 Å². The van der Waals surface area contributed by atoms with Gasteiger partial charge in [0.2, 0.25) is 10.0 Å². The molecule has 4 rings (SSSR count). The highest BCUT2D eigenvalue weighted by Gasteiger charge is 2.27. The van der Waals surface area contributed by atoms with E-state index in [1.807, 2.05) is 30.3 Å². The SMILES string of the molecule is O=C(c1ccc(-c2ccccn2)cc1)N1CCN(S(=O)(=O)C=Cc2ccc(Cl)cc2)CC1. The zero-order valence-electron chi connectivity index (χ0n) is 17.3. The van der Waals surface area contributed by atoms with Crippen molar-refractivity contribution in [2.24, 2.45) is 0 Å². The third-order valence-corrected chi connectivity index (χ3v) is 7.10. The number of benzene rings is 2. The monoisotopic (exact) mass is 467 g/mol. The molecule has 0 saturated carbocycles. The number of nitrogens with zero attached hydrogens (tertiary/aromatic N) is 3. The lowest BCUT2D eigenvalue weighted by Gasteiger charge is -2.33. The average molecular weight is 468 g/mol. The molecule has 0 bridgehead atoms. The number of carbonyl (C=O) groups is 1. The molecule has 0 unspecified atom stereocenters. The molecule has 1 saturated heterocycles. The van der Waals surface area contributed by atoms with Crippen molar-refractivity contribution in [1.82, 2.24) is 14.2 Å². The number of sulfonamides is 1. The fourth-order valence-corrected chi connectivity index (χ4v) is 4.77. The number of aromatic nitrogens is 1. The van der Waals surface area contributed by atoms with Crippen LogP contribution in [0, 0.1) is 0 Å². The van der Waals surface area contributed by atoms with Gasteiger partial charge in [0.15, 0.2) is 0 Å². The Balaban J connectivity index is 1.36. The molecule has 0 spiro atoms. The third kappa shape index (κ3) is 5.24. The Kier molecular flexibility index (Phi) is 6.69. The van der Waals surface area contributed by atoms with Gasteiger partial charge in [-0.1, -0.05) is 41.9 Å². The van der Waals surface area contributed by atoms with E-state index in [1.54, 1.807) is 53.6 Å². The van der Waals surface area contributed by atoms with E-state index in [4.69, 9.17) is 11.6 Å². The first-order valence-corrected chi connectivity index (χ1v) is 12.0. The van der Waals surface area contributed by atoms with Gasteiger partial charge in [-0.25, -0.2) is 8.42 Å². The summed E-state index contributed by atoms with van der Waals surface area (Å²) in [5, 5.41) is 1.79. The molecule has 0 atom stereocenters. The molecule has 1 aromatic heterocycles. The minimum atomic E-state index is -3.57. The molecular weight excluding hydrogens is 446 g/mol. The molecule has 6 nitrogen and oxygen atoms in total. The Hall–Kier alpha value is -3.00. The largest absolute Gasteiger partial charge is 0.336 e. The first-order valence-electron chi connectivity index (χ1n) is 10.2. The molecule has 0 aliphatic carbocycles. The molecule has 2 aromatic carbocycles. The highest BCUT2D eigenvalue weighted by atomic mass is 35.5. The van der Waals surface area contributed by atoms with Crippen LogP contribution in [0.25, 0.3) is 17.3 Å². The maximum Gasteiger partial charge on any atom is 0.253 e. The number of hydrogen-bond donors (Lipinski definition) is 0. The predicted octanol–water partition coefficient (Wildman–Crippen LogP) is 4.16. The number of carbonyl (C=O) groups excluding carboxylic acids is 1. The highest BCUT2D eigenvalue weighted by molar-refractivity contribution is 7.92. The second kappa shape index (κ2) is 9.65. The lowest BCUT2D eigenvalue weighted by Crippen LogP contribution is -2.50. The first-order chi connectivity index (χ1) is 15.4. The van der Waals surface area contributed by atoms with E-state index in [0.29, 0.717) is 23.7 Å². The van der Waals surface area contributed by atoms with Crippen molar-refractivity contribution in [3.63, 3.8) is 0 Å². The molecule has 164 valence electrons. The van der Waals surface area contributed by atoms with Crippen LogP contribution in [0.5, 0.6) is 0 Å². The van der Waals surface area contributed by atoms with Gasteiger partial charge in [0.1, 0.15) is 0 Å². The normalized spacial score (nSPS) is 15.2. The van der Waals surface area contributed by atoms with E-state index in [9.17, 15) is 13.2 Å². The van der Waals surface area contributed by atoms with Crippen molar-refractivity contribution >= 4 is 33.6 Å². The highest BCUT2D eigenvalue weighted by Crippen LogP contribution is 2.19. The zero-order valence-corrected chi connectivity index (χ0v) is 18.8. The van der Waals surface area contributed by atoms with Gasteiger partial charge in [0.05, 0.1) is 5.69 Å². The van der Waals surface area contributed by atoms with Gasteiger partial charge in [-0.2, -0.15) is 4.31 Å². The van der Waals surface area contributed by atoms with Crippen LogP contribution in [0.2, 0.25) is 5.02 Å². The molecule has 1 aliphatic rings. The smallest absolute Gasteiger partial charge is 0.253 e. The molecule has 2 heterocycles. The van der Waals surface area contributed by atoms with Crippen molar-refractivity contribution in [1.29, 1.82) is 0 Å². The molecule has 1 amide bonds. The summed E-state index contributed by atoms with van der Waals surface area (Å²) in [4.78, 5) is 18.9. The Labute approximate surface area is 192 Å². The van der Waals surface area contributed by atoms with Gasteiger partial charge >= 0.3 is 0 Å². The fraction of sp³-hybridized carbons (Fsp3) is 0.167. The van der Waals surface area contributed by atoms with Crippen molar-refractivity contribution in [2.75, 3.05) is 26.2 Å². The summed E-state index contributed by atoms with van der Waals surface area (Å²) >= 11 is 5.86. The van der Waals surface area contributed by atoms with Gasteiger partial charge in [-0.05, 0) is 48.0 Å². The van der Waals surface area contributed by atoms with Crippen LogP contribution in [0.3, 0.4) is 0 Å². The van der Waals surface area contributed by atoms with Crippen molar-refractivity contribution in [3.05, 3.63) is 94.5 Å². The number of halogens is 1. The van der Waals surface area contributed by atoms with Crippen LogP contribution in [0.15, 0.2) is 78.3 Å². The van der Waals surface area contributed by atoms with E-state index >= 15 is 0 Å². The molecule has 32 heavy (non-hydrogen) atoms. The van der Waals surface area contributed by atoms with Crippen LogP contribution in [-0.2, 0) is 10.0 Å². The first kappa shape index (κ1) is 22.2. The number of hydrogen-bond acceptors (Lipinski definition) is 4. The fourth-order valence-electron chi connectivity index (χ4n) is 3.47. The summed E-state index contributed by atoms with van der Waals surface area (Å²) in [7, 11) is -3.57. The van der Waals surface area contributed by atoms with Crippen molar-refractivity contribution in [3.8, 4) is 11.3 Å². The Morgan fingerprint density at radius 3 is 2.22 bits per heavy atom. The molecule has 1 aliphatic heterocycles. The predicted molar refractivity (Wildman–Crippen MR) is 127 cm³/mol. The minimum Gasteiger partial charge on any atom is -0.336 e. The summed E-state index contributed by atoms with van der Waals surface area (Å²) in [6.07, 6.45) is 3.28. The van der Waals surface area contributed by atoms with Gasteiger partial charge in [0.25, 0.3) is 5.91 Å². The Morgan fingerprint density at radius 2 is 1.59 bits per heavy atom. The molecule has 0 N–H and O–H groups in total. The standard InChI is InChI=1S/C24H22ClN3O3S/c25-22-10-4-19(5-11-22)12-18-32(30,31)28-16-14-27(15-17-28)24(29)21-8-6-20(7-9-21)23-3-1-2-13-26-23/h1-13,18H,14-17H2. The van der Waals surface area contributed by atoms with Crippen LogP contribution >= 0.6 is 11.6 Å². The maximum absolute atomic E-state index is 12.9. The zero-order chi connectivity index (χ0) is 22.6. The van der Waals surface area contributed by atoms with Crippen LogP contribution in [-0.4, -0.2) is 54.7 Å². The lowest BCUT2D eigenvalue weighted by atomic mass is 10.1.